The maximum Gasteiger partial charge on any atom is 0.306 e. The second-order valence-electron chi connectivity index (χ2n) is 13.1. The molecule has 3 aliphatic rings. The number of carboxylic acids is 1. The molecule has 0 saturated carbocycles. The molecule has 2 aromatic carbocycles. The summed E-state index contributed by atoms with van der Waals surface area (Å²) in [5, 5.41) is 10.1. The highest BCUT2D eigenvalue weighted by atomic mass is 35.5. The minimum absolute atomic E-state index is 0.0690. The van der Waals surface area contributed by atoms with Crippen molar-refractivity contribution in [1.29, 1.82) is 0 Å². The Bertz CT molecular complexity index is 1280. The van der Waals surface area contributed by atoms with Crippen molar-refractivity contribution >= 4 is 29.2 Å². The van der Waals surface area contributed by atoms with E-state index in [9.17, 15) is 14.7 Å². The van der Waals surface area contributed by atoms with Crippen molar-refractivity contribution in [3.8, 4) is 5.75 Å². The summed E-state index contributed by atoms with van der Waals surface area (Å²) in [6.07, 6.45) is 2.68. The van der Waals surface area contributed by atoms with Crippen molar-refractivity contribution in [2.24, 2.45) is 5.92 Å². The van der Waals surface area contributed by atoms with Gasteiger partial charge in [0.2, 0.25) is 5.67 Å². The average Bonchev–Trinajstić information content (AvgIpc) is 3.36. The van der Waals surface area contributed by atoms with Crippen LogP contribution in [0.1, 0.15) is 69.4 Å². The largest absolute Gasteiger partial charge is 0.497 e. The molecule has 1 N–H and O–H groups in total. The Morgan fingerprint density at radius 2 is 1.64 bits per heavy atom. The molecule has 0 unspecified atom stereocenters. The number of carbonyl (C=O) groups excluding carboxylic acids is 1. The second kappa shape index (κ2) is 12.0. The van der Waals surface area contributed by atoms with Gasteiger partial charge < -0.3 is 19.6 Å². The fourth-order valence-electron chi connectivity index (χ4n) is 6.91. The SMILES string of the molecule is COc1ccc([C@@H]2CN(C(C)(C)C)C[C@@]2(F)C(=O)N2CCC(c3ccc(Cl)cc3N3CCC(C(=O)O)CC3)CC2)cc1. The summed E-state index contributed by atoms with van der Waals surface area (Å²) < 4.78 is 22.4. The molecule has 2 atom stereocenters. The molecule has 0 spiro atoms. The molecule has 9 heteroatoms. The van der Waals surface area contributed by atoms with Gasteiger partial charge in [-0.15, -0.1) is 0 Å². The fourth-order valence-corrected chi connectivity index (χ4v) is 7.08. The number of hydrogen-bond acceptors (Lipinski definition) is 5. The summed E-state index contributed by atoms with van der Waals surface area (Å²) in [6.45, 7) is 9.05. The van der Waals surface area contributed by atoms with Gasteiger partial charge >= 0.3 is 5.97 Å². The van der Waals surface area contributed by atoms with Crippen LogP contribution in [0.15, 0.2) is 42.5 Å². The lowest BCUT2D eigenvalue weighted by molar-refractivity contribution is -0.145. The van der Waals surface area contributed by atoms with Gasteiger partial charge in [0.25, 0.3) is 5.91 Å². The summed E-state index contributed by atoms with van der Waals surface area (Å²) in [7, 11) is 1.60. The third-order valence-corrected chi connectivity index (χ3v) is 9.83. The molecule has 42 heavy (non-hydrogen) atoms. The van der Waals surface area contributed by atoms with Crippen LogP contribution < -0.4 is 9.64 Å². The van der Waals surface area contributed by atoms with Gasteiger partial charge in [-0.3, -0.25) is 14.5 Å². The molecule has 0 bridgehead atoms. The van der Waals surface area contributed by atoms with E-state index in [0.29, 0.717) is 56.3 Å². The van der Waals surface area contributed by atoms with Crippen molar-refractivity contribution in [2.75, 3.05) is 51.3 Å². The zero-order valence-electron chi connectivity index (χ0n) is 25.1. The molecular formula is C33H43ClFN3O4. The highest BCUT2D eigenvalue weighted by molar-refractivity contribution is 6.30. The Balaban J connectivity index is 1.32. The molecule has 7 nitrogen and oxygen atoms in total. The molecular weight excluding hydrogens is 557 g/mol. The van der Waals surface area contributed by atoms with Gasteiger partial charge in [-0.2, -0.15) is 0 Å². The molecule has 2 aromatic rings. The normalized spacial score (nSPS) is 24.7. The van der Waals surface area contributed by atoms with Crippen LogP contribution >= 0.6 is 11.6 Å². The van der Waals surface area contributed by atoms with E-state index < -0.39 is 23.5 Å². The zero-order chi connectivity index (χ0) is 30.2. The number of rotatable bonds is 6. The van der Waals surface area contributed by atoms with Crippen molar-refractivity contribution in [2.45, 2.75) is 69.5 Å². The highest BCUT2D eigenvalue weighted by Gasteiger charge is 2.57. The monoisotopic (exact) mass is 599 g/mol. The summed E-state index contributed by atoms with van der Waals surface area (Å²) in [6, 6.07) is 13.4. The number of halogens is 2. The number of anilines is 1. The summed E-state index contributed by atoms with van der Waals surface area (Å²) >= 11 is 6.41. The van der Waals surface area contributed by atoms with E-state index in [4.69, 9.17) is 16.3 Å². The van der Waals surface area contributed by atoms with Gasteiger partial charge in [0.1, 0.15) is 5.75 Å². The van der Waals surface area contributed by atoms with E-state index in [1.54, 1.807) is 12.0 Å². The quantitative estimate of drug-likeness (QED) is 0.442. The number of carbonyl (C=O) groups is 2. The van der Waals surface area contributed by atoms with Gasteiger partial charge in [-0.05, 0) is 87.8 Å². The number of ether oxygens (including phenoxy) is 1. The number of benzene rings is 2. The number of likely N-dealkylation sites (tertiary alicyclic amines) is 2. The maximum absolute atomic E-state index is 17.1. The highest BCUT2D eigenvalue weighted by Crippen LogP contribution is 2.45. The van der Waals surface area contributed by atoms with Crippen LogP contribution in [0.4, 0.5) is 10.1 Å². The van der Waals surface area contributed by atoms with Crippen LogP contribution in [-0.2, 0) is 9.59 Å². The Morgan fingerprint density at radius 3 is 2.21 bits per heavy atom. The summed E-state index contributed by atoms with van der Waals surface area (Å²) in [4.78, 5) is 31.5. The van der Waals surface area contributed by atoms with Crippen LogP contribution in [0.5, 0.6) is 5.75 Å². The van der Waals surface area contributed by atoms with E-state index in [1.165, 1.54) is 5.56 Å². The van der Waals surface area contributed by atoms with Crippen molar-refractivity contribution < 1.29 is 23.8 Å². The van der Waals surface area contributed by atoms with Gasteiger partial charge in [-0.1, -0.05) is 29.8 Å². The molecule has 228 valence electrons. The van der Waals surface area contributed by atoms with Crippen LogP contribution in [0.25, 0.3) is 0 Å². The van der Waals surface area contributed by atoms with Gasteiger partial charge in [0.05, 0.1) is 13.0 Å². The third kappa shape index (κ3) is 6.11. The van der Waals surface area contributed by atoms with Gasteiger partial charge in [-0.25, -0.2) is 4.39 Å². The predicted molar refractivity (Wildman–Crippen MR) is 163 cm³/mol. The van der Waals surface area contributed by atoms with E-state index in [-0.39, 0.29) is 23.9 Å². The standard InChI is InChI=1S/C33H43ClFN3O4/c1-32(2,3)38-20-28(23-5-8-26(42-4)9-6-23)33(35,21-38)31(41)37-17-11-22(12-18-37)27-10-7-25(34)19-29(27)36-15-13-24(14-16-36)30(39)40/h5-10,19,22,24,28H,11-18,20-21H2,1-4H3,(H,39,40)/t28-,33-/m0/s1. The number of aliphatic carboxylic acids is 1. The second-order valence-corrected chi connectivity index (χ2v) is 13.5. The minimum Gasteiger partial charge on any atom is -0.497 e. The predicted octanol–water partition coefficient (Wildman–Crippen LogP) is 5.96. The number of hydrogen-bond donors (Lipinski definition) is 1. The first-order chi connectivity index (χ1) is 19.9. The number of nitrogens with zero attached hydrogens (tertiary/aromatic N) is 3. The smallest absolute Gasteiger partial charge is 0.306 e. The van der Waals surface area contributed by atoms with Gasteiger partial charge in [0, 0.05) is 61.4 Å². The van der Waals surface area contributed by atoms with Crippen LogP contribution in [0, 0.1) is 5.92 Å². The molecule has 3 heterocycles. The molecule has 0 radical (unpaired) electrons. The van der Waals surface area contributed by atoms with E-state index in [0.717, 1.165) is 24.1 Å². The minimum atomic E-state index is -2.02. The van der Waals surface area contributed by atoms with E-state index in [1.807, 2.05) is 36.4 Å². The van der Waals surface area contributed by atoms with Crippen LogP contribution in [-0.4, -0.2) is 84.4 Å². The average molecular weight is 600 g/mol. The van der Waals surface area contributed by atoms with Crippen molar-refractivity contribution in [3.05, 3.63) is 58.6 Å². The van der Waals surface area contributed by atoms with Crippen LogP contribution in [0.3, 0.4) is 0 Å². The lowest BCUT2D eigenvalue weighted by atomic mass is 9.83. The number of alkyl halides is 1. The molecule has 0 aromatic heterocycles. The lowest BCUT2D eigenvalue weighted by Gasteiger charge is -2.39. The Morgan fingerprint density at radius 1 is 1.00 bits per heavy atom. The molecule has 3 saturated heterocycles. The molecule has 0 aliphatic carbocycles. The Hall–Kier alpha value is -2.84. The van der Waals surface area contributed by atoms with E-state index >= 15 is 4.39 Å². The first-order valence-electron chi connectivity index (χ1n) is 15.0. The first-order valence-corrected chi connectivity index (χ1v) is 15.4. The fraction of sp³-hybridized carbons (Fsp3) is 0.576. The topological polar surface area (TPSA) is 73.3 Å². The summed E-state index contributed by atoms with van der Waals surface area (Å²) in [5.74, 6) is -1.11. The third-order valence-electron chi connectivity index (χ3n) is 9.60. The summed E-state index contributed by atoms with van der Waals surface area (Å²) in [5.41, 5.74) is 0.746. The zero-order valence-corrected chi connectivity index (χ0v) is 25.9. The van der Waals surface area contributed by atoms with E-state index in [2.05, 4.69) is 36.6 Å². The lowest BCUT2D eigenvalue weighted by Crippen LogP contribution is -2.53. The number of methoxy groups -OCH3 is 1. The molecule has 5 rings (SSSR count). The number of piperidine rings is 2. The Labute approximate surface area is 253 Å². The van der Waals surface area contributed by atoms with Crippen molar-refractivity contribution in [1.82, 2.24) is 9.80 Å². The number of carboxylic acid groups (broad SMARTS) is 1. The molecule has 1 amide bonds. The van der Waals surface area contributed by atoms with Gasteiger partial charge in [0.15, 0.2) is 0 Å². The number of amides is 1. The molecule has 3 aliphatic heterocycles. The first kappa shape index (κ1) is 30.6. The molecule has 3 fully saturated rings. The van der Waals surface area contributed by atoms with Crippen LogP contribution in [0.2, 0.25) is 5.02 Å². The maximum atomic E-state index is 17.1. The Kier molecular flexibility index (Phi) is 8.77. The van der Waals surface area contributed by atoms with Crippen molar-refractivity contribution in [3.63, 3.8) is 0 Å².